The molecule has 3 rings (SSSR count). The van der Waals surface area contributed by atoms with E-state index in [0.29, 0.717) is 28.4 Å². The van der Waals surface area contributed by atoms with Crippen LogP contribution < -0.4 is 19.8 Å². The first-order valence-corrected chi connectivity index (χ1v) is 8.00. The molecule has 0 saturated heterocycles. The molecule has 134 valence electrons. The maximum atomic E-state index is 12.1. The van der Waals surface area contributed by atoms with Crippen LogP contribution in [0.15, 0.2) is 51.7 Å². The molecule has 0 spiro atoms. The van der Waals surface area contributed by atoms with Gasteiger partial charge in [-0.3, -0.25) is 0 Å². The average molecular weight is 354 g/mol. The number of carbonyl (C=O) groups is 1. The van der Waals surface area contributed by atoms with Crippen LogP contribution >= 0.6 is 0 Å². The number of methoxy groups -OCH3 is 1. The first kappa shape index (κ1) is 17.5. The minimum atomic E-state index is -0.576. The molecule has 0 N–H and O–H groups in total. The predicted octanol–water partition coefficient (Wildman–Crippen LogP) is 3.40. The van der Waals surface area contributed by atoms with E-state index in [1.807, 2.05) is 6.92 Å². The molecule has 0 radical (unpaired) electrons. The summed E-state index contributed by atoms with van der Waals surface area (Å²) in [5, 5.41) is 0.798. The van der Waals surface area contributed by atoms with E-state index in [1.54, 1.807) is 43.3 Å². The second-order valence-electron chi connectivity index (χ2n) is 5.73. The Morgan fingerprint density at radius 3 is 2.50 bits per heavy atom. The lowest BCUT2D eigenvalue weighted by Crippen LogP contribution is -2.18. The van der Waals surface area contributed by atoms with Gasteiger partial charge in [0, 0.05) is 17.0 Å². The van der Waals surface area contributed by atoms with Crippen LogP contribution in [0.5, 0.6) is 17.2 Å². The molecule has 0 unspecified atom stereocenters. The van der Waals surface area contributed by atoms with Gasteiger partial charge >= 0.3 is 11.6 Å². The van der Waals surface area contributed by atoms with Gasteiger partial charge in [-0.1, -0.05) is 12.1 Å². The van der Waals surface area contributed by atoms with Crippen LogP contribution in [0.1, 0.15) is 11.1 Å². The van der Waals surface area contributed by atoms with E-state index in [0.717, 1.165) is 10.9 Å². The Kier molecular flexibility index (Phi) is 4.93. The van der Waals surface area contributed by atoms with Crippen molar-refractivity contribution in [3.8, 4) is 17.2 Å². The second kappa shape index (κ2) is 7.31. The molecule has 0 amide bonds. The highest BCUT2D eigenvalue weighted by molar-refractivity contribution is 5.86. The molecule has 0 aliphatic carbocycles. The Balaban J connectivity index is 1.77. The number of hydrogen-bond donors (Lipinski definition) is 0. The predicted molar refractivity (Wildman–Crippen MR) is 96.1 cm³/mol. The minimum Gasteiger partial charge on any atom is -0.493 e. The van der Waals surface area contributed by atoms with Crippen LogP contribution in [0.25, 0.3) is 11.0 Å². The molecule has 6 heteroatoms. The average Bonchev–Trinajstić information content (AvgIpc) is 2.63. The normalized spacial score (nSPS) is 10.6. The number of esters is 1. The molecule has 0 fully saturated rings. The van der Waals surface area contributed by atoms with Gasteiger partial charge in [-0.25, -0.2) is 9.59 Å². The summed E-state index contributed by atoms with van der Waals surface area (Å²) in [5.41, 5.74) is 1.35. The molecule has 0 saturated carbocycles. The minimum absolute atomic E-state index is 0.282. The highest BCUT2D eigenvalue weighted by atomic mass is 16.6. The highest BCUT2D eigenvalue weighted by Crippen LogP contribution is 2.29. The van der Waals surface area contributed by atoms with Crippen molar-refractivity contribution in [2.75, 3.05) is 13.7 Å². The Morgan fingerprint density at radius 1 is 1.04 bits per heavy atom. The molecule has 0 bridgehead atoms. The number of carbonyl (C=O) groups excluding carboxylic acids is 1. The largest absolute Gasteiger partial charge is 0.493 e. The van der Waals surface area contributed by atoms with Crippen molar-refractivity contribution >= 4 is 16.9 Å². The molecule has 0 aliphatic rings. The van der Waals surface area contributed by atoms with Gasteiger partial charge in [-0.05, 0) is 43.7 Å². The van der Waals surface area contributed by atoms with Crippen molar-refractivity contribution < 1.29 is 23.4 Å². The summed E-state index contributed by atoms with van der Waals surface area (Å²) in [5.74, 6) is 0.719. The van der Waals surface area contributed by atoms with Crippen LogP contribution in [0.2, 0.25) is 0 Å². The summed E-state index contributed by atoms with van der Waals surface area (Å²) in [4.78, 5) is 23.7. The van der Waals surface area contributed by atoms with Gasteiger partial charge in [0.25, 0.3) is 0 Å². The number of benzene rings is 2. The quantitative estimate of drug-likeness (QED) is 0.397. The van der Waals surface area contributed by atoms with E-state index in [1.165, 1.54) is 13.2 Å². The van der Waals surface area contributed by atoms with Gasteiger partial charge in [0.1, 0.15) is 11.3 Å². The Labute approximate surface area is 149 Å². The Morgan fingerprint density at radius 2 is 1.77 bits per heavy atom. The topological polar surface area (TPSA) is 75.0 Å². The number of hydrogen-bond acceptors (Lipinski definition) is 6. The van der Waals surface area contributed by atoms with Crippen molar-refractivity contribution in [3.05, 3.63) is 64.0 Å². The number of fused-ring (bicyclic) bond motifs is 1. The number of aryl methyl sites for hydroxylation is 2. The molecule has 6 nitrogen and oxygen atoms in total. The van der Waals surface area contributed by atoms with E-state index < -0.39 is 11.6 Å². The zero-order valence-corrected chi connectivity index (χ0v) is 14.7. The summed E-state index contributed by atoms with van der Waals surface area (Å²) in [6.07, 6.45) is 0. The van der Waals surface area contributed by atoms with Gasteiger partial charge in [0.2, 0.25) is 0 Å². The number of ether oxygens (including phenoxy) is 3. The molecule has 26 heavy (non-hydrogen) atoms. The van der Waals surface area contributed by atoms with E-state index >= 15 is 0 Å². The Hall–Kier alpha value is -3.28. The molecule has 2 aromatic carbocycles. The lowest BCUT2D eigenvalue weighted by molar-refractivity contribution is -0.136. The molecule has 1 aromatic heterocycles. The summed E-state index contributed by atoms with van der Waals surface area (Å²) in [7, 11) is 1.52. The van der Waals surface area contributed by atoms with Crippen LogP contribution in [0.3, 0.4) is 0 Å². The van der Waals surface area contributed by atoms with Crippen molar-refractivity contribution in [1.82, 2.24) is 0 Å². The molecule has 0 atom stereocenters. The Bertz CT molecular complexity index is 1020. The SMILES string of the molecule is COc1ccccc1OCC(=O)Oc1ccc2c(C)cc(=O)oc2c1C. The van der Waals surface area contributed by atoms with Crippen molar-refractivity contribution in [3.63, 3.8) is 0 Å². The fourth-order valence-electron chi connectivity index (χ4n) is 2.64. The van der Waals surface area contributed by atoms with Crippen molar-refractivity contribution in [2.45, 2.75) is 13.8 Å². The highest BCUT2D eigenvalue weighted by Gasteiger charge is 2.14. The van der Waals surface area contributed by atoms with Gasteiger partial charge in [-0.2, -0.15) is 0 Å². The van der Waals surface area contributed by atoms with Gasteiger partial charge < -0.3 is 18.6 Å². The number of para-hydroxylation sites is 2. The third-order valence-corrected chi connectivity index (χ3v) is 3.96. The lowest BCUT2D eigenvalue weighted by atomic mass is 10.1. The van der Waals surface area contributed by atoms with Crippen LogP contribution in [-0.2, 0) is 4.79 Å². The fourth-order valence-corrected chi connectivity index (χ4v) is 2.64. The van der Waals surface area contributed by atoms with E-state index in [4.69, 9.17) is 18.6 Å². The molecule has 0 aliphatic heterocycles. The molecular formula is C20H18O6. The third kappa shape index (κ3) is 3.54. The van der Waals surface area contributed by atoms with Gasteiger partial charge in [0.15, 0.2) is 18.1 Å². The third-order valence-electron chi connectivity index (χ3n) is 3.96. The maximum Gasteiger partial charge on any atom is 0.349 e. The van der Waals surface area contributed by atoms with Crippen LogP contribution in [0, 0.1) is 13.8 Å². The standard InChI is InChI=1S/C20H18O6/c1-12-10-18(21)26-20-13(2)15(9-8-14(12)20)25-19(22)11-24-17-7-5-4-6-16(17)23-3/h4-10H,11H2,1-3H3. The van der Waals surface area contributed by atoms with Crippen LogP contribution in [-0.4, -0.2) is 19.7 Å². The summed E-state index contributed by atoms with van der Waals surface area (Å²) < 4.78 is 21.2. The van der Waals surface area contributed by atoms with Gasteiger partial charge in [-0.15, -0.1) is 0 Å². The molecular weight excluding hydrogens is 336 g/mol. The van der Waals surface area contributed by atoms with E-state index in [2.05, 4.69) is 0 Å². The van der Waals surface area contributed by atoms with E-state index in [-0.39, 0.29) is 6.61 Å². The van der Waals surface area contributed by atoms with Crippen molar-refractivity contribution in [1.29, 1.82) is 0 Å². The monoisotopic (exact) mass is 354 g/mol. The zero-order chi connectivity index (χ0) is 18.7. The van der Waals surface area contributed by atoms with Crippen molar-refractivity contribution in [2.24, 2.45) is 0 Å². The fraction of sp³-hybridized carbons (Fsp3) is 0.200. The summed E-state index contributed by atoms with van der Waals surface area (Å²) in [6, 6.07) is 11.9. The maximum absolute atomic E-state index is 12.1. The first-order valence-electron chi connectivity index (χ1n) is 8.00. The summed E-state index contributed by atoms with van der Waals surface area (Å²) in [6.45, 7) is 3.27. The van der Waals surface area contributed by atoms with Gasteiger partial charge in [0.05, 0.1) is 7.11 Å². The van der Waals surface area contributed by atoms with Crippen LogP contribution in [0.4, 0.5) is 0 Å². The zero-order valence-electron chi connectivity index (χ0n) is 14.7. The lowest BCUT2D eigenvalue weighted by Gasteiger charge is -2.12. The molecule has 1 heterocycles. The number of rotatable bonds is 5. The smallest absolute Gasteiger partial charge is 0.349 e. The second-order valence-corrected chi connectivity index (χ2v) is 5.73. The molecule has 3 aromatic rings. The van der Waals surface area contributed by atoms with E-state index in [9.17, 15) is 9.59 Å². The summed E-state index contributed by atoms with van der Waals surface area (Å²) >= 11 is 0. The first-order chi connectivity index (χ1) is 12.5.